The molecule has 1 aliphatic heterocycles. The highest BCUT2D eigenvalue weighted by Gasteiger charge is 2.46. The van der Waals surface area contributed by atoms with Gasteiger partial charge in [0.25, 0.3) is 5.91 Å². The van der Waals surface area contributed by atoms with Gasteiger partial charge in [-0.1, -0.05) is 60.2 Å². The summed E-state index contributed by atoms with van der Waals surface area (Å²) in [6.45, 7) is 8.29. The molecule has 4 nitrogen and oxygen atoms in total. The zero-order chi connectivity index (χ0) is 18.5. The van der Waals surface area contributed by atoms with E-state index in [1.165, 1.54) is 5.56 Å². The Bertz CT molecular complexity index is 949. The minimum Gasteiger partial charge on any atom is -0.321 e. The average Bonchev–Trinajstić information content (AvgIpc) is 3.15. The number of aromatic amines is 1. The third-order valence-corrected chi connectivity index (χ3v) is 4.93. The molecule has 0 spiro atoms. The SMILES string of the molecule is Cc1ccc(-c2n[nH]c3c2C(c2ccccc2)N(C(C)(C)C)C3=O)cc1. The molecule has 0 saturated heterocycles. The van der Waals surface area contributed by atoms with Gasteiger partial charge in [0.05, 0.1) is 11.7 Å². The summed E-state index contributed by atoms with van der Waals surface area (Å²) < 4.78 is 0. The summed E-state index contributed by atoms with van der Waals surface area (Å²) in [5.41, 5.74) is 5.45. The molecule has 26 heavy (non-hydrogen) atoms. The van der Waals surface area contributed by atoms with Crippen molar-refractivity contribution in [1.82, 2.24) is 15.1 Å². The molecule has 3 aromatic rings. The summed E-state index contributed by atoms with van der Waals surface area (Å²) in [5, 5.41) is 7.52. The lowest BCUT2D eigenvalue weighted by Crippen LogP contribution is -2.44. The average molecular weight is 345 g/mol. The van der Waals surface area contributed by atoms with Crippen molar-refractivity contribution in [1.29, 1.82) is 0 Å². The van der Waals surface area contributed by atoms with Crippen LogP contribution in [0.5, 0.6) is 0 Å². The number of rotatable bonds is 2. The maximum atomic E-state index is 13.2. The second kappa shape index (κ2) is 5.84. The predicted octanol–water partition coefficient (Wildman–Crippen LogP) is 4.73. The van der Waals surface area contributed by atoms with E-state index in [-0.39, 0.29) is 17.5 Å². The van der Waals surface area contributed by atoms with Gasteiger partial charge in [0.1, 0.15) is 5.69 Å². The molecule has 1 atom stereocenters. The Morgan fingerprint density at radius 2 is 1.65 bits per heavy atom. The summed E-state index contributed by atoms with van der Waals surface area (Å²) >= 11 is 0. The van der Waals surface area contributed by atoms with E-state index in [0.717, 1.165) is 22.4 Å². The highest BCUT2D eigenvalue weighted by molar-refractivity contribution is 6.00. The Hall–Kier alpha value is -2.88. The first kappa shape index (κ1) is 16.6. The first-order valence-corrected chi connectivity index (χ1v) is 8.92. The maximum Gasteiger partial charge on any atom is 0.273 e. The Labute approximate surface area is 153 Å². The minimum absolute atomic E-state index is 0.00668. The van der Waals surface area contributed by atoms with Crippen molar-refractivity contribution in [2.45, 2.75) is 39.3 Å². The van der Waals surface area contributed by atoms with Crippen LogP contribution < -0.4 is 0 Å². The molecule has 0 aliphatic carbocycles. The molecule has 0 bridgehead atoms. The van der Waals surface area contributed by atoms with Crippen molar-refractivity contribution in [2.75, 3.05) is 0 Å². The fourth-order valence-electron chi connectivity index (χ4n) is 3.72. The van der Waals surface area contributed by atoms with Crippen molar-refractivity contribution in [3.63, 3.8) is 0 Å². The number of nitrogens with zero attached hydrogens (tertiary/aromatic N) is 2. The predicted molar refractivity (Wildman–Crippen MR) is 103 cm³/mol. The number of hydrogen-bond acceptors (Lipinski definition) is 2. The minimum atomic E-state index is -0.304. The second-order valence-corrected chi connectivity index (χ2v) is 7.89. The van der Waals surface area contributed by atoms with Gasteiger partial charge < -0.3 is 4.90 Å². The first-order chi connectivity index (χ1) is 12.4. The lowest BCUT2D eigenvalue weighted by molar-refractivity contribution is 0.0546. The van der Waals surface area contributed by atoms with Gasteiger partial charge in [-0.05, 0) is 33.3 Å². The molecular formula is C22H23N3O. The maximum absolute atomic E-state index is 13.2. The molecule has 2 heterocycles. The van der Waals surface area contributed by atoms with Crippen LogP contribution in [0.4, 0.5) is 0 Å². The van der Waals surface area contributed by atoms with Crippen LogP contribution in [0, 0.1) is 6.92 Å². The van der Waals surface area contributed by atoms with Crippen molar-refractivity contribution in [2.24, 2.45) is 0 Å². The highest BCUT2D eigenvalue weighted by Crippen LogP contribution is 2.45. The number of hydrogen-bond donors (Lipinski definition) is 1. The second-order valence-electron chi connectivity index (χ2n) is 7.89. The van der Waals surface area contributed by atoms with Crippen LogP contribution in [0.25, 0.3) is 11.3 Å². The fraction of sp³-hybridized carbons (Fsp3) is 0.273. The lowest BCUT2D eigenvalue weighted by atomic mass is 9.93. The first-order valence-electron chi connectivity index (χ1n) is 8.92. The van der Waals surface area contributed by atoms with Gasteiger partial charge in [0, 0.05) is 16.7 Å². The van der Waals surface area contributed by atoms with Crippen molar-refractivity contribution >= 4 is 5.91 Å². The van der Waals surface area contributed by atoms with E-state index in [1.807, 2.05) is 23.1 Å². The van der Waals surface area contributed by atoms with Gasteiger partial charge in [0.15, 0.2) is 0 Å². The zero-order valence-electron chi connectivity index (χ0n) is 15.6. The Morgan fingerprint density at radius 1 is 1.00 bits per heavy atom. The molecular weight excluding hydrogens is 322 g/mol. The summed E-state index contributed by atoms with van der Waals surface area (Å²) in [4.78, 5) is 15.1. The largest absolute Gasteiger partial charge is 0.321 e. The van der Waals surface area contributed by atoms with Crippen LogP contribution in [0.3, 0.4) is 0 Å². The van der Waals surface area contributed by atoms with Crippen molar-refractivity contribution in [3.05, 3.63) is 77.0 Å². The number of H-pyrrole nitrogens is 1. The van der Waals surface area contributed by atoms with Crippen LogP contribution in [0.15, 0.2) is 54.6 Å². The topological polar surface area (TPSA) is 49.0 Å². The summed E-state index contributed by atoms with van der Waals surface area (Å²) in [7, 11) is 0. The van der Waals surface area contributed by atoms with Gasteiger partial charge in [-0.2, -0.15) is 5.10 Å². The molecule has 1 aliphatic rings. The van der Waals surface area contributed by atoms with Gasteiger partial charge in [-0.25, -0.2) is 0 Å². The molecule has 1 N–H and O–H groups in total. The third kappa shape index (κ3) is 2.53. The van der Waals surface area contributed by atoms with E-state index in [9.17, 15) is 4.79 Å². The molecule has 2 aromatic carbocycles. The van der Waals surface area contributed by atoms with E-state index in [4.69, 9.17) is 0 Å². The van der Waals surface area contributed by atoms with Gasteiger partial charge in [0.2, 0.25) is 0 Å². The van der Waals surface area contributed by atoms with E-state index in [0.29, 0.717) is 5.69 Å². The highest BCUT2D eigenvalue weighted by atomic mass is 16.2. The number of aromatic nitrogens is 2. The zero-order valence-corrected chi connectivity index (χ0v) is 15.6. The number of carbonyl (C=O) groups is 1. The Balaban J connectivity index is 1.93. The number of amides is 1. The van der Waals surface area contributed by atoms with Gasteiger partial charge >= 0.3 is 0 Å². The van der Waals surface area contributed by atoms with Crippen LogP contribution in [-0.4, -0.2) is 26.5 Å². The van der Waals surface area contributed by atoms with E-state index in [1.54, 1.807) is 0 Å². The van der Waals surface area contributed by atoms with E-state index >= 15 is 0 Å². The summed E-state index contributed by atoms with van der Waals surface area (Å²) in [5.74, 6) is 0.00668. The molecule has 0 fully saturated rings. The van der Waals surface area contributed by atoms with Crippen molar-refractivity contribution < 1.29 is 4.79 Å². The number of nitrogens with one attached hydrogen (secondary N) is 1. The molecule has 4 rings (SSSR count). The molecule has 0 radical (unpaired) electrons. The molecule has 4 heteroatoms. The quantitative estimate of drug-likeness (QED) is 0.730. The number of benzene rings is 2. The summed E-state index contributed by atoms with van der Waals surface area (Å²) in [6, 6.07) is 18.3. The lowest BCUT2D eigenvalue weighted by Gasteiger charge is -2.37. The van der Waals surface area contributed by atoms with Crippen LogP contribution in [0.2, 0.25) is 0 Å². The van der Waals surface area contributed by atoms with Crippen LogP contribution >= 0.6 is 0 Å². The van der Waals surface area contributed by atoms with Gasteiger partial charge in [-0.15, -0.1) is 0 Å². The molecule has 132 valence electrons. The van der Waals surface area contributed by atoms with Crippen LogP contribution in [-0.2, 0) is 0 Å². The number of carbonyl (C=O) groups excluding carboxylic acids is 1. The normalized spacial score (nSPS) is 16.8. The molecule has 0 saturated carbocycles. The smallest absolute Gasteiger partial charge is 0.273 e. The number of aryl methyl sites for hydroxylation is 1. The van der Waals surface area contributed by atoms with E-state index < -0.39 is 0 Å². The summed E-state index contributed by atoms with van der Waals surface area (Å²) in [6.07, 6.45) is 0. The van der Waals surface area contributed by atoms with Crippen LogP contribution in [0.1, 0.15) is 54.0 Å². The number of fused-ring (bicyclic) bond motifs is 1. The Kier molecular flexibility index (Phi) is 3.72. The monoisotopic (exact) mass is 345 g/mol. The fourth-order valence-corrected chi connectivity index (χ4v) is 3.72. The third-order valence-electron chi connectivity index (χ3n) is 4.93. The molecule has 1 amide bonds. The molecule has 1 unspecified atom stereocenters. The Morgan fingerprint density at radius 3 is 2.27 bits per heavy atom. The van der Waals surface area contributed by atoms with Gasteiger partial charge in [-0.3, -0.25) is 9.89 Å². The van der Waals surface area contributed by atoms with Crippen molar-refractivity contribution in [3.8, 4) is 11.3 Å². The standard InChI is InChI=1S/C22H23N3O/c1-14-10-12-15(13-11-14)18-17-19(24-23-18)21(26)25(22(2,3)4)20(17)16-8-6-5-7-9-16/h5-13,20H,1-4H3,(H,23,24). The molecule has 1 aromatic heterocycles. The van der Waals surface area contributed by atoms with E-state index in [2.05, 4.69) is 74.3 Å².